The number of hydrogen-bond acceptors (Lipinski definition) is 3. The molecule has 0 fully saturated rings. The Kier molecular flexibility index (Phi) is 8.00. The number of rotatable bonds is 7. The Morgan fingerprint density at radius 1 is 1.46 bits per heavy atom. The van der Waals surface area contributed by atoms with E-state index in [1.165, 1.54) is 0 Å². The summed E-state index contributed by atoms with van der Waals surface area (Å²) in [6.07, 6.45) is 2.15. The molecule has 5 heteroatoms. The summed E-state index contributed by atoms with van der Waals surface area (Å²) in [4.78, 5) is 0. The second-order valence-electron chi connectivity index (χ2n) is 3.06. The summed E-state index contributed by atoms with van der Waals surface area (Å²) in [5, 5.41) is 8.99. The number of hydrogen-bond donors (Lipinski definition) is 2. The van der Waals surface area contributed by atoms with Gasteiger partial charge in [0.25, 0.3) is 0 Å². The minimum atomic E-state index is -3.45. The number of aliphatic hydroxyl groups is 1. The van der Waals surface area contributed by atoms with Crippen LogP contribution in [0.4, 0.5) is 0 Å². The van der Waals surface area contributed by atoms with Crippen molar-refractivity contribution in [3.63, 3.8) is 0 Å². The van der Waals surface area contributed by atoms with Gasteiger partial charge in [0.2, 0.25) is 0 Å². The first-order valence-corrected chi connectivity index (χ1v) is 6.63. The molecule has 78 valence electrons. The molecular weight excluding hydrogens is 208 g/mol. The molecule has 2 unspecified atom stereocenters. The molecule has 0 rings (SSSR count). The fourth-order valence-electron chi connectivity index (χ4n) is 1.31. The van der Waals surface area contributed by atoms with Gasteiger partial charge in [-0.15, -0.1) is 0 Å². The van der Waals surface area contributed by atoms with E-state index in [2.05, 4.69) is 0 Å². The zero-order chi connectivity index (χ0) is 10.3. The maximum absolute atomic E-state index is 10.6. The molecule has 13 heavy (non-hydrogen) atoms. The predicted molar refractivity (Wildman–Crippen MR) is 43.6 cm³/mol. The molecule has 0 aromatic carbocycles. The first-order valence-electron chi connectivity index (χ1n) is 4.66. The third kappa shape index (κ3) is 5.65. The third-order valence-corrected chi connectivity index (χ3v) is 2.90. The van der Waals surface area contributed by atoms with Crippen molar-refractivity contribution in [1.29, 1.82) is 0 Å². The van der Waals surface area contributed by atoms with E-state index in [0.717, 1.165) is 19.3 Å². The van der Waals surface area contributed by atoms with Gasteiger partial charge >= 0.3 is 85.8 Å². The van der Waals surface area contributed by atoms with Gasteiger partial charge < -0.3 is 0 Å². The van der Waals surface area contributed by atoms with E-state index >= 15 is 0 Å². The Morgan fingerprint density at radius 3 is 2.38 bits per heavy atom. The summed E-state index contributed by atoms with van der Waals surface area (Å²) in [6.45, 7) is 3.95. The fraction of sp³-hybridized carbons (Fsp3) is 1.00. The van der Waals surface area contributed by atoms with Gasteiger partial charge in [-0.05, 0) is 0 Å². The van der Waals surface area contributed by atoms with Crippen molar-refractivity contribution in [2.24, 2.45) is 5.92 Å². The van der Waals surface area contributed by atoms with E-state index in [4.69, 9.17) is 12.1 Å². The molecule has 0 aliphatic rings. The van der Waals surface area contributed by atoms with Crippen LogP contribution in [0.25, 0.3) is 0 Å². The van der Waals surface area contributed by atoms with Crippen LogP contribution >= 0.6 is 0 Å². The van der Waals surface area contributed by atoms with E-state index in [0.29, 0.717) is 0 Å². The SMILES string of the molecule is CCCC([O][Ti](=[O])[OH])C(CC)CO. The molecule has 2 atom stereocenters. The Labute approximate surface area is 86.0 Å². The van der Waals surface area contributed by atoms with Gasteiger partial charge in [0.05, 0.1) is 0 Å². The van der Waals surface area contributed by atoms with E-state index in [1.807, 2.05) is 13.8 Å². The van der Waals surface area contributed by atoms with Crippen LogP contribution in [0, 0.1) is 5.92 Å². The molecular formula is C8H18O4Ti. The van der Waals surface area contributed by atoms with Crippen LogP contribution in [0.2, 0.25) is 0 Å². The molecule has 0 aromatic rings. The molecule has 0 radical (unpaired) electrons. The van der Waals surface area contributed by atoms with Crippen molar-refractivity contribution in [3.8, 4) is 0 Å². The molecule has 0 saturated heterocycles. The predicted octanol–water partition coefficient (Wildman–Crippen LogP) is 0.976. The molecule has 4 nitrogen and oxygen atoms in total. The summed E-state index contributed by atoms with van der Waals surface area (Å²) >= 11 is -3.45. The van der Waals surface area contributed by atoms with Gasteiger partial charge in [0.15, 0.2) is 0 Å². The molecule has 0 aliphatic carbocycles. The van der Waals surface area contributed by atoms with Gasteiger partial charge in [0, 0.05) is 0 Å². The van der Waals surface area contributed by atoms with E-state index in [-0.39, 0.29) is 18.6 Å². The quantitative estimate of drug-likeness (QED) is 0.635. The Balaban J connectivity index is 4.11. The van der Waals surface area contributed by atoms with Crippen molar-refractivity contribution < 1.29 is 34.1 Å². The minimum absolute atomic E-state index is 0.0106. The van der Waals surface area contributed by atoms with Gasteiger partial charge in [0.1, 0.15) is 0 Å². The van der Waals surface area contributed by atoms with Crippen molar-refractivity contribution in [3.05, 3.63) is 0 Å². The van der Waals surface area contributed by atoms with Gasteiger partial charge in [-0.1, -0.05) is 0 Å². The fourth-order valence-corrected chi connectivity index (χ4v) is 2.20. The topological polar surface area (TPSA) is 66.8 Å². The monoisotopic (exact) mass is 226 g/mol. The third-order valence-electron chi connectivity index (χ3n) is 2.11. The second-order valence-corrected chi connectivity index (χ2v) is 4.26. The van der Waals surface area contributed by atoms with E-state index in [9.17, 15) is 3.32 Å². The van der Waals surface area contributed by atoms with Crippen LogP contribution in [0.1, 0.15) is 33.1 Å². The van der Waals surface area contributed by atoms with Gasteiger partial charge in [-0.25, -0.2) is 0 Å². The Morgan fingerprint density at radius 2 is 2.08 bits per heavy atom. The second kappa shape index (κ2) is 7.77. The van der Waals surface area contributed by atoms with Crippen LogP contribution in [0.5, 0.6) is 0 Å². The summed E-state index contributed by atoms with van der Waals surface area (Å²) in [5.41, 5.74) is 0. The zero-order valence-electron chi connectivity index (χ0n) is 8.19. The standard InChI is InChI=1S/C8H17O2.H2O.O.Ti/c1-3-5-8(10)7(4-2)6-9;;;/h7-9H,3-6H2,1-2H3;1H2;;/q-1;;;+2/p-1. The summed E-state index contributed by atoms with van der Waals surface area (Å²) in [5.74, 6) is -0.0106. The molecule has 0 saturated carbocycles. The number of aliphatic hydroxyl groups excluding tert-OH is 1. The maximum atomic E-state index is 10.6. The average molecular weight is 226 g/mol. The first kappa shape index (κ1) is 13.4. The summed E-state index contributed by atoms with van der Waals surface area (Å²) in [7, 11) is 0. The Hall–Kier alpha value is 0.394. The molecule has 0 spiro atoms. The summed E-state index contributed by atoms with van der Waals surface area (Å²) < 4.78 is 24.2. The van der Waals surface area contributed by atoms with Crippen LogP contribution < -0.4 is 0 Å². The van der Waals surface area contributed by atoms with Crippen molar-refractivity contribution in [2.45, 2.75) is 39.2 Å². The first-order chi connectivity index (χ1) is 6.15. The van der Waals surface area contributed by atoms with E-state index in [1.54, 1.807) is 0 Å². The van der Waals surface area contributed by atoms with Crippen LogP contribution in [-0.4, -0.2) is 21.5 Å². The molecule has 0 amide bonds. The van der Waals surface area contributed by atoms with Crippen LogP contribution in [0.15, 0.2) is 0 Å². The van der Waals surface area contributed by atoms with Gasteiger partial charge in [-0.3, -0.25) is 0 Å². The normalized spacial score (nSPS) is 15.4. The molecule has 0 heterocycles. The molecule has 0 aliphatic heterocycles. The average Bonchev–Trinajstić information content (AvgIpc) is 2.05. The molecule has 2 N–H and O–H groups in total. The van der Waals surface area contributed by atoms with Crippen LogP contribution in [-0.2, 0) is 25.3 Å². The van der Waals surface area contributed by atoms with E-state index < -0.39 is 18.6 Å². The van der Waals surface area contributed by atoms with Crippen LogP contribution in [0.3, 0.4) is 0 Å². The van der Waals surface area contributed by atoms with Crippen molar-refractivity contribution in [2.75, 3.05) is 6.61 Å². The zero-order valence-corrected chi connectivity index (χ0v) is 9.76. The van der Waals surface area contributed by atoms with Crippen molar-refractivity contribution in [1.82, 2.24) is 0 Å². The Bertz CT molecular complexity index is 147. The molecule has 0 aromatic heterocycles. The van der Waals surface area contributed by atoms with Crippen molar-refractivity contribution >= 4 is 0 Å². The summed E-state index contributed by atoms with van der Waals surface area (Å²) in [6, 6.07) is 0. The molecule has 0 bridgehead atoms. The van der Waals surface area contributed by atoms with Gasteiger partial charge in [-0.2, -0.15) is 0 Å².